The van der Waals surface area contributed by atoms with Crippen LogP contribution in [0.25, 0.3) is 23.1 Å². The zero-order chi connectivity index (χ0) is 38.0. The second-order valence-corrected chi connectivity index (χ2v) is 11.6. The number of rotatable bonds is 14. The molecule has 287 valence electrons. The van der Waals surface area contributed by atoms with E-state index in [0.29, 0.717) is 24.1 Å². The van der Waals surface area contributed by atoms with Crippen LogP contribution in [0.15, 0.2) is 79.0 Å². The Balaban J connectivity index is 0.000000332. The molecule has 2 aliphatic carbocycles. The van der Waals surface area contributed by atoms with Gasteiger partial charge in [-0.25, -0.2) is 0 Å². The summed E-state index contributed by atoms with van der Waals surface area (Å²) in [7, 11) is 2.78. The SMILES string of the molecule is COc1cc(/C=C/C(=O)CC(=O)/C=C/c2ccc([O-])c(OC)c2)ccc1[O-].O=C([O-])C(Cc1c[n-]c2ccccc12)NC[C]1[CH][CH][CH][CH]1.[CH]1[CH][CH][CH][CH]1.[Cu+2].[Fe+2]. The van der Waals surface area contributed by atoms with Gasteiger partial charge in [0.2, 0.25) is 0 Å². The molecule has 0 amide bonds. The van der Waals surface area contributed by atoms with Crippen molar-refractivity contribution in [3.05, 3.63) is 159 Å². The first-order valence-electron chi connectivity index (χ1n) is 16.6. The van der Waals surface area contributed by atoms with Crippen molar-refractivity contribution < 1.29 is 73.3 Å². The first-order chi connectivity index (χ1) is 25.7. The van der Waals surface area contributed by atoms with E-state index >= 15 is 0 Å². The molecule has 10 nitrogen and oxygen atoms in total. The third-order valence-electron chi connectivity index (χ3n) is 7.81. The average Bonchev–Trinajstić information content (AvgIpc) is 3.98. The Morgan fingerprint density at radius 2 is 1.27 bits per heavy atom. The zero-order valence-corrected chi connectivity index (χ0v) is 32.0. The molecule has 11 radical (unpaired) electrons. The van der Waals surface area contributed by atoms with Gasteiger partial charge in [0.25, 0.3) is 0 Å². The van der Waals surface area contributed by atoms with Gasteiger partial charge in [0.05, 0.1) is 32.7 Å². The number of carbonyl (C=O) groups excluding carboxylic acids is 3. The predicted octanol–water partition coefficient (Wildman–Crippen LogP) is 3.58. The molecule has 1 heterocycles. The molecule has 0 aliphatic heterocycles. The van der Waals surface area contributed by atoms with Crippen molar-refractivity contribution in [2.24, 2.45) is 0 Å². The minimum Gasteiger partial charge on any atom is -0.870 e. The summed E-state index contributed by atoms with van der Waals surface area (Å²) in [5, 5.41) is 38.2. The van der Waals surface area contributed by atoms with Crippen molar-refractivity contribution in [2.45, 2.75) is 18.9 Å². The van der Waals surface area contributed by atoms with Crippen molar-refractivity contribution in [2.75, 3.05) is 20.8 Å². The number of ether oxygens (including phenoxy) is 2. The maximum Gasteiger partial charge on any atom is 2.00 e. The first kappa shape index (κ1) is 46.8. The van der Waals surface area contributed by atoms with Crippen molar-refractivity contribution in [1.29, 1.82) is 0 Å². The summed E-state index contributed by atoms with van der Waals surface area (Å²) in [6.45, 7) is 0.512. The number of hydrogen-bond donors (Lipinski definition) is 1. The van der Waals surface area contributed by atoms with Crippen LogP contribution in [0.1, 0.15) is 23.1 Å². The molecular formula is C43H38CuFeN2O8. The molecule has 2 saturated carbocycles. The van der Waals surface area contributed by atoms with E-state index in [0.717, 1.165) is 22.4 Å². The van der Waals surface area contributed by atoms with E-state index in [9.17, 15) is 29.7 Å². The van der Waals surface area contributed by atoms with E-state index in [-0.39, 0.29) is 75.1 Å². The van der Waals surface area contributed by atoms with Crippen molar-refractivity contribution in [3.8, 4) is 23.0 Å². The topological polar surface area (TPSA) is 165 Å². The van der Waals surface area contributed by atoms with Gasteiger partial charge in [-0.1, -0.05) is 77.7 Å². The summed E-state index contributed by atoms with van der Waals surface area (Å²) in [6.07, 6.45) is 25.2. The molecule has 0 spiro atoms. The molecule has 55 heavy (non-hydrogen) atoms. The Morgan fingerprint density at radius 1 is 0.764 bits per heavy atom. The standard InChI is InChI=1S/C21H20O6.C17H16N2O2.C5H5.Cu.Fe/c1-26-20-11-14(5-9-18(20)24)3-7-16(22)13-17(23)8-4-15-6-10-19(25)21(12-15)27-2;20-17(21)16(18-10-12-5-1-2-6-12)9-13-11-19-15-8-4-3-7-14(13)15;1-2-4-5-3-1;;/h3-12,24-25H,13H2,1-2H3;1-8,11,16,18H,9-10H2,(H,20,21);1-5H;;/q;-1;;2*+2/p-3/b7-3+,8-4+;;;;. The quantitative estimate of drug-likeness (QED) is 0.113. The molecule has 12 heteroatoms. The van der Waals surface area contributed by atoms with Crippen LogP contribution < -0.4 is 35.1 Å². The van der Waals surface area contributed by atoms with Crippen LogP contribution in [0.2, 0.25) is 0 Å². The molecule has 4 aromatic rings. The van der Waals surface area contributed by atoms with Gasteiger partial charge in [0.15, 0.2) is 11.6 Å². The summed E-state index contributed by atoms with van der Waals surface area (Å²) < 4.78 is 9.86. The molecule has 1 N–H and O–H groups in total. The van der Waals surface area contributed by atoms with Crippen LogP contribution in [0.3, 0.4) is 0 Å². The van der Waals surface area contributed by atoms with E-state index < -0.39 is 12.0 Å². The maximum atomic E-state index is 11.9. The molecule has 2 fully saturated rings. The zero-order valence-electron chi connectivity index (χ0n) is 29.9. The molecule has 1 aromatic heterocycles. The number of ketones is 2. The predicted molar refractivity (Wildman–Crippen MR) is 197 cm³/mol. The van der Waals surface area contributed by atoms with Gasteiger partial charge in [-0.2, -0.15) is 6.20 Å². The van der Waals surface area contributed by atoms with Crippen LogP contribution in [-0.4, -0.2) is 44.3 Å². The monoisotopic (exact) mass is 829 g/mol. The molecule has 6 rings (SSSR count). The second kappa shape index (κ2) is 25.0. The van der Waals surface area contributed by atoms with Crippen LogP contribution in [-0.2, 0) is 54.9 Å². The number of hydrogen-bond acceptors (Lipinski definition) is 9. The van der Waals surface area contributed by atoms with Gasteiger partial charge in [-0.05, 0) is 111 Å². The largest absolute Gasteiger partial charge is 2.00 e. The van der Waals surface area contributed by atoms with E-state index in [1.807, 2.05) is 82.1 Å². The summed E-state index contributed by atoms with van der Waals surface area (Å²) in [6, 6.07) is 15.8. The van der Waals surface area contributed by atoms with Crippen molar-refractivity contribution in [3.63, 3.8) is 0 Å². The number of aliphatic carboxylic acids is 1. The van der Waals surface area contributed by atoms with Crippen LogP contribution in [0.5, 0.6) is 23.0 Å². The molecule has 2 aliphatic rings. The normalized spacial score (nSPS) is 14.2. The number of carboxylic acid groups (broad SMARTS) is 1. The van der Waals surface area contributed by atoms with E-state index in [4.69, 9.17) is 9.47 Å². The third kappa shape index (κ3) is 15.8. The number of para-hydroxylation sites is 1. The van der Waals surface area contributed by atoms with Crippen LogP contribution >= 0.6 is 0 Å². The number of carbonyl (C=O) groups is 3. The number of nitrogens with one attached hydrogen (secondary N) is 1. The van der Waals surface area contributed by atoms with Crippen molar-refractivity contribution in [1.82, 2.24) is 10.3 Å². The molecule has 0 bridgehead atoms. The number of allylic oxidation sites excluding steroid dienone is 2. The third-order valence-corrected chi connectivity index (χ3v) is 7.81. The summed E-state index contributed by atoms with van der Waals surface area (Å²) >= 11 is 0. The fraction of sp³-hybridized carbons (Fsp3) is 0.140. The van der Waals surface area contributed by atoms with Gasteiger partial charge < -0.3 is 39.9 Å². The summed E-state index contributed by atoms with van der Waals surface area (Å²) in [5.41, 5.74) is 3.05. The first-order valence-corrected chi connectivity index (χ1v) is 16.6. The Hall–Kier alpha value is -4.31. The van der Waals surface area contributed by atoms with Gasteiger partial charge in [0.1, 0.15) is 11.5 Å². The van der Waals surface area contributed by atoms with Gasteiger partial charge in [0, 0.05) is 6.54 Å². The minimum atomic E-state index is -1.09. The van der Waals surface area contributed by atoms with Crippen LogP contribution in [0.4, 0.5) is 0 Å². The van der Waals surface area contributed by atoms with Crippen molar-refractivity contribution >= 4 is 40.6 Å². The second-order valence-electron chi connectivity index (χ2n) is 11.6. The number of methoxy groups -OCH3 is 2. The van der Waals surface area contributed by atoms with E-state index in [1.165, 1.54) is 62.8 Å². The minimum absolute atomic E-state index is 0. The molecule has 1 atom stereocenters. The fourth-order valence-corrected chi connectivity index (χ4v) is 5.03. The number of nitrogens with zero attached hydrogens (tertiary/aromatic N) is 1. The molecular weight excluding hydrogens is 792 g/mol. The molecule has 0 saturated heterocycles. The Morgan fingerprint density at radius 3 is 1.76 bits per heavy atom. The Kier molecular flexibility index (Phi) is 21.3. The van der Waals surface area contributed by atoms with E-state index in [2.05, 4.69) is 10.3 Å². The Labute approximate surface area is 344 Å². The smallest absolute Gasteiger partial charge is 0.870 e. The Bertz CT molecular complexity index is 1780. The molecule has 1 unspecified atom stereocenters. The van der Waals surface area contributed by atoms with Crippen LogP contribution in [0, 0.1) is 63.7 Å². The van der Waals surface area contributed by atoms with Gasteiger partial charge in [-0.15, -0.1) is 5.52 Å². The summed E-state index contributed by atoms with van der Waals surface area (Å²) in [5.74, 6) is -0.902. The number of benzene rings is 3. The number of carboxylic acids is 1. The maximum absolute atomic E-state index is 11.9. The fourth-order valence-electron chi connectivity index (χ4n) is 5.03. The van der Waals surface area contributed by atoms with Gasteiger partial charge in [-0.3, -0.25) is 9.59 Å². The molecule has 3 aromatic carbocycles. The average molecular weight is 830 g/mol. The van der Waals surface area contributed by atoms with Gasteiger partial charge >= 0.3 is 34.1 Å². The van der Waals surface area contributed by atoms with E-state index in [1.54, 1.807) is 18.3 Å². The number of aromatic nitrogens is 1. The summed E-state index contributed by atoms with van der Waals surface area (Å²) in [4.78, 5) is 39.4. The number of fused-ring (bicyclic) bond motifs is 1.